The second kappa shape index (κ2) is 8.76. The number of likely N-dealkylation sites (N-methyl/N-ethyl adjacent to an activating group) is 1. The third kappa shape index (κ3) is 3.90. The van der Waals surface area contributed by atoms with Crippen molar-refractivity contribution in [3.05, 3.63) is 35.1 Å². The van der Waals surface area contributed by atoms with Gasteiger partial charge >= 0.3 is 0 Å². The van der Waals surface area contributed by atoms with E-state index in [0.29, 0.717) is 17.7 Å². The maximum atomic E-state index is 13.3. The Bertz CT molecular complexity index is 1410. The van der Waals surface area contributed by atoms with Crippen molar-refractivity contribution in [1.29, 1.82) is 0 Å². The lowest BCUT2D eigenvalue weighted by Gasteiger charge is -2.27. The number of methoxy groups -OCH3 is 1. The number of fused-ring (bicyclic) bond motifs is 4. The monoisotopic (exact) mass is 491 g/mol. The van der Waals surface area contributed by atoms with Crippen LogP contribution in [0, 0.1) is 5.92 Å². The van der Waals surface area contributed by atoms with Crippen LogP contribution in [0.1, 0.15) is 23.3 Å². The SMILES string of the molecule is COc1cc2[nH]ncc2cc1Nc1ncnc2sc3c(c12)CC[C@H](C(=O)N1CC[C@@H](N(C)C)C1)C3. The van der Waals surface area contributed by atoms with Crippen molar-refractivity contribution in [3.8, 4) is 5.75 Å². The predicted molar refractivity (Wildman–Crippen MR) is 138 cm³/mol. The molecule has 0 unspecified atom stereocenters. The Morgan fingerprint density at radius 3 is 2.97 bits per heavy atom. The first kappa shape index (κ1) is 22.2. The molecule has 10 heteroatoms. The predicted octanol–water partition coefficient (Wildman–Crippen LogP) is 3.59. The zero-order chi connectivity index (χ0) is 24.1. The van der Waals surface area contributed by atoms with Gasteiger partial charge in [-0.25, -0.2) is 9.97 Å². The molecule has 0 spiro atoms. The molecular weight excluding hydrogens is 462 g/mol. The van der Waals surface area contributed by atoms with Gasteiger partial charge in [-0.15, -0.1) is 11.3 Å². The van der Waals surface area contributed by atoms with Crippen molar-refractivity contribution in [2.45, 2.75) is 31.7 Å². The van der Waals surface area contributed by atoms with E-state index in [9.17, 15) is 4.79 Å². The van der Waals surface area contributed by atoms with Crippen molar-refractivity contribution in [2.24, 2.45) is 5.92 Å². The number of hydrogen-bond donors (Lipinski definition) is 2. The lowest BCUT2D eigenvalue weighted by molar-refractivity contribution is -0.134. The number of amides is 1. The van der Waals surface area contributed by atoms with Crippen LogP contribution in [-0.4, -0.2) is 76.2 Å². The van der Waals surface area contributed by atoms with Gasteiger partial charge in [0.2, 0.25) is 5.91 Å². The van der Waals surface area contributed by atoms with Gasteiger partial charge in [0.15, 0.2) is 0 Å². The molecule has 4 aromatic rings. The fraction of sp³-hybridized carbons (Fsp3) is 0.440. The molecule has 3 aromatic heterocycles. The average molecular weight is 492 g/mol. The standard InChI is InChI=1S/C25H29N7O2S/c1-31(2)16-6-7-32(12-16)25(33)14-4-5-17-21(9-14)35-24-22(17)23(26-13-27-24)29-19-8-15-11-28-30-18(15)10-20(19)34-3/h8,10-11,13-14,16H,4-7,9,12H2,1-3H3,(H,28,30)(H,26,27,29)/t14-,16+/m0/s1. The van der Waals surface area contributed by atoms with Gasteiger partial charge in [-0.3, -0.25) is 9.89 Å². The molecule has 9 nitrogen and oxygen atoms in total. The number of rotatable bonds is 5. The number of aromatic amines is 1. The number of ether oxygens (including phenoxy) is 1. The van der Waals surface area contributed by atoms with Gasteiger partial charge in [-0.1, -0.05) is 0 Å². The number of likely N-dealkylation sites (tertiary alicyclic amines) is 1. The van der Waals surface area contributed by atoms with E-state index in [1.807, 2.05) is 12.1 Å². The third-order valence-corrected chi connectivity index (χ3v) is 8.58. The largest absolute Gasteiger partial charge is 0.494 e. The van der Waals surface area contributed by atoms with Crippen LogP contribution in [-0.2, 0) is 17.6 Å². The van der Waals surface area contributed by atoms with Gasteiger partial charge in [-0.05, 0) is 51.4 Å². The third-order valence-electron chi connectivity index (χ3n) is 7.41. The molecule has 2 atom stereocenters. The Hall–Kier alpha value is -3.24. The summed E-state index contributed by atoms with van der Waals surface area (Å²) in [5.74, 6) is 1.83. The number of thiophene rings is 1. The Labute approximate surface area is 207 Å². The van der Waals surface area contributed by atoms with Crippen LogP contribution in [0.4, 0.5) is 11.5 Å². The van der Waals surface area contributed by atoms with Gasteiger partial charge < -0.3 is 19.9 Å². The summed E-state index contributed by atoms with van der Waals surface area (Å²) in [4.78, 5) is 29.0. The van der Waals surface area contributed by atoms with Crippen LogP contribution in [0.25, 0.3) is 21.1 Å². The molecule has 0 saturated carbocycles. The first-order valence-electron chi connectivity index (χ1n) is 12.0. The number of carbonyl (C=O) groups excluding carboxylic acids is 1. The van der Waals surface area contributed by atoms with Gasteiger partial charge in [0.1, 0.15) is 22.7 Å². The van der Waals surface area contributed by atoms with E-state index in [2.05, 4.69) is 49.4 Å². The second-order valence-corrected chi connectivity index (χ2v) is 10.8. The highest BCUT2D eigenvalue weighted by atomic mass is 32.1. The highest BCUT2D eigenvalue weighted by Crippen LogP contribution is 2.42. The van der Waals surface area contributed by atoms with E-state index in [1.165, 1.54) is 10.4 Å². The number of aromatic nitrogens is 4. The highest BCUT2D eigenvalue weighted by Gasteiger charge is 2.35. The summed E-state index contributed by atoms with van der Waals surface area (Å²) in [6, 6.07) is 4.40. The zero-order valence-corrected chi connectivity index (χ0v) is 21.0. The maximum Gasteiger partial charge on any atom is 0.226 e. The molecule has 1 amide bonds. The number of carbonyl (C=O) groups is 1. The fourth-order valence-corrected chi connectivity index (χ4v) is 6.67. The van der Waals surface area contributed by atoms with Gasteiger partial charge in [-0.2, -0.15) is 5.10 Å². The molecule has 1 aliphatic carbocycles. The number of nitrogens with zero attached hydrogens (tertiary/aromatic N) is 5. The van der Waals surface area contributed by atoms with E-state index in [1.54, 1.807) is 31.0 Å². The molecule has 1 aromatic carbocycles. The van der Waals surface area contributed by atoms with Crippen LogP contribution < -0.4 is 10.1 Å². The van der Waals surface area contributed by atoms with E-state index < -0.39 is 0 Å². The van der Waals surface area contributed by atoms with E-state index in [4.69, 9.17) is 4.74 Å². The quantitative estimate of drug-likeness (QED) is 0.440. The number of aryl methyl sites for hydroxylation is 1. The summed E-state index contributed by atoms with van der Waals surface area (Å²) in [6.45, 7) is 1.70. The lowest BCUT2D eigenvalue weighted by Crippen LogP contribution is -2.39. The second-order valence-electron chi connectivity index (χ2n) is 9.67. The molecule has 0 bridgehead atoms. The molecule has 2 N–H and O–H groups in total. The molecule has 1 fully saturated rings. The molecule has 1 aliphatic heterocycles. The Morgan fingerprint density at radius 2 is 2.17 bits per heavy atom. The zero-order valence-electron chi connectivity index (χ0n) is 20.2. The Kier molecular flexibility index (Phi) is 5.57. The topological polar surface area (TPSA) is 99.3 Å². The molecule has 182 valence electrons. The van der Waals surface area contributed by atoms with Crippen molar-refractivity contribution in [3.63, 3.8) is 0 Å². The summed E-state index contributed by atoms with van der Waals surface area (Å²) in [5.41, 5.74) is 3.02. The molecular formula is C25H29N7O2S. The normalized spacial score (nSPS) is 20.1. The van der Waals surface area contributed by atoms with Crippen LogP contribution in [0.2, 0.25) is 0 Å². The Balaban J connectivity index is 1.28. The minimum atomic E-state index is 0.0458. The summed E-state index contributed by atoms with van der Waals surface area (Å²) in [7, 11) is 5.85. The molecule has 6 rings (SSSR count). The van der Waals surface area contributed by atoms with Crippen LogP contribution in [0.15, 0.2) is 24.7 Å². The van der Waals surface area contributed by atoms with Gasteiger partial charge in [0.25, 0.3) is 0 Å². The first-order chi connectivity index (χ1) is 17.0. The van der Waals surface area contributed by atoms with Crippen molar-refractivity contribution in [2.75, 3.05) is 39.6 Å². The van der Waals surface area contributed by atoms with Crippen LogP contribution in [0.5, 0.6) is 5.75 Å². The Morgan fingerprint density at radius 1 is 1.29 bits per heavy atom. The summed E-state index contributed by atoms with van der Waals surface area (Å²) in [5, 5.41) is 12.6. The summed E-state index contributed by atoms with van der Waals surface area (Å²) >= 11 is 1.69. The smallest absolute Gasteiger partial charge is 0.226 e. The number of nitrogens with one attached hydrogen (secondary N) is 2. The minimum Gasteiger partial charge on any atom is -0.494 e. The van der Waals surface area contributed by atoms with Crippen molar-refractivity contribution in [1.82, 2.24) is 30.0 Å². The van der Waals surface area contributed by atoms with E-state index in [0.717, 1.165) is 71.4 Å². The fourth-order valence-electron chi connectivity index (χ4n) is 5.40. The lowest BCUT2D eigenvalue weighted by atomic mass is 9.87. The highest BCUT2D eigenvalue weighted by molar-refractivity contribution is 7.19. The van der Waals surface area contributed by atoms with Crippen molar-refractivity contribution < 1.29 is 9.53 Å². The van der Waals surface area contributed by atoms with Gasteiger partial charge in [0, 0.05) is 41.4 Å². The molecule has 35 heavy (non-hydrogen) atoms. The molecule has 1 saturated heterocycles. The molecule has 0 radical (unpaired) electrons. The summed E-state index contributed by atoms with van der Waals surface area (Å²) < 4.78 is 5.62. The number of hydrogen-bond acceptors (Lipinski definition) is 8. The summed E-state index contributed by atoms with van der Waals surface area (Å²) in [6.07, 6.45) is 6.94. The number of H-pyrrole nitrogens is 1. The van der Waals surface area contributed by atoms with Crippen LogP contribution >= 0.6 is 11.3 Å². The average Bonchev–Trinajstić information content (AvgIpc) is 3.60. The van der Waals surface area contributed by atoms with E-state index >= 15 is 0 Å². The van der Waals surface area contributed by atoms with Crippen LogP contribution in [0.3, 0.4) is 0 Å². The molecule has 4 heterocycles. The van der Waals surface area contributed by atoms with Crippen molar-refractivity contribution >= 4 is 49.9 Å². The molecule has 2 aliphatic rings. The van der Waals surface area contributed by atoms with Gasteiger partial charge in [0.05, 0.1) is 29.9 Å². The maximum absolute atomic E-state index is 13.3. The minimum absolute atomic E-state index is 0.0458. The van der Waals surface area contributed by atoms with E-state index in [-0.39, 0.29) is 5.92 Å². The first-order valence-corrected chi connectivity index (χ1v) is 12.8. The number of anilines is 2. The number of benzene rings is 1.